The van der Waals surface area contributed by atoms with Crippen molar-refractivity contribution in [2.24, 2.45) is 10.8 Å². The van der Waals surface area contributed by atoms with Crippen LogP contribution in [0.15, 0.2) is 18.2 Å². The lowest BCUT2D eigenvalue weighted by atomic mass is 9.65. The third-order valence-electron chi connectivity index (χ3n) is 5.84. The van der Waals surface area contributed by atoms with E-state index < -0.39 is 5.97 Å². The minimum atomic E-state index is -0.519. The number of nitrogens with zero attached hydrogens (tertiary/aromatic N) is 1. The first-order valence-corrected chi connectivity index (χ1v) is 9.61. The summed E-state index contributed by atoms with van der Waals surface area (Å²) in [7, 11) is 0. The zero-order chi connectivity index (χ0) is 19.2. The molecule has 2 atom stereocenters. The summed E-state index contributed by atoms with van der Waals surface area (Å²) in [6, 6.07) is 5.18. The molecule has 1 aliphatic carbocycles. The van der Waals surface area contributed by atoms with Gasteiger partial charge in [-0.2, -0.15) is 0 Å². The number of amides is 1. The summed E-state index contributed by atoms with van der Waals surface area (Å²) in [6.45, 7) is 8.28. The highest BCUT2D eigenvalue weighted by Gasteiger charge is 2.50. The van der Waals surface area contributed by atoms with Crippen LogP contribution >= 0.6 is 0 Å². The van der Waals surface area contributed by atoms with E-state index in [2.05, 4.69) is 20.8 Å². The molecule has 146 valence electrons. The van der Waals surface area contributed by atoms with Gasteiger partial charge in [-0.1, -0.05) is 20.8 Å². The molecule has 6 heteroatoms. The molecule has 0 spiro atoms. The molecule has 0 N–H and O–H groups in total. The molecule has 1 saturated carbocycles. The summed E-state index contributed by atoms with van der Waals surface area (Å²) in [5.74, 6) is 0.529. The van der Waals surface area contributed by atoms with Crippen LogP contribution in [0, 0.1) is 10.8 Å². The fourth-order valence-corrected chi connectivity index (χ4v) is 5.22. The van der Waals surface area contributed by atoms with Gasteiger partial charge in [0.15, 0.2) is 18.1 Å². The predicted octanol–water partition coefficient (Wildman–Crippen LogP) is 3.04. The summed E-state index contributed by atoms with van der Waals surface area (Å²) < 4.78 is 16.2. The third kappa shape index (κ3) is 3.62. The highest BCUT2D eigenvalue weighted by atomic mass is 16.6. The van der Waals surface area contributed by atoms with Crippen molar-refractivity contribution in [1.29, 1.82) is 0 Å². The van der Waals surface area contributed by atoms with Crippen LogP contribution in [0.4, 0.5) is 0 Å². The van der Waals surface area contributed by atoms with Crippen LogP contribution in [0.25, 0.3) is 0 Å². The Kier molecular flexibility index (Phi) is 4.32. The maximum atomic E-state index is 12.7. The molecular formula is C21H27NO5. The van der Waals surface area contributed by atoms with Crippen molar-refractivity contribution < 1.29 is 23.8 Å². The second-order valence-electron chi connectivity index (χ2n) is 9.17. The lowest BCUT2D eigenvalue weighted by molar-refractivity contribution is -0.135. The molecule has 2 aliphatic heterocycles. The first-order chi connectivity index (χ1) is 12.7. The van der Waals surface area contributed by atoms with Crippen molar-refractivity contribution >= 4 is 11.9 Å². The molecule has 0 radical (unpaired) electrons. The number of hydrogen-bond acceptors (Lipinski definition) is 5. The first-order valence-electron chi connectivity index (χ1n) is 9.61. The number of carbonyl (C=O) groups is 2. The number of likely N-dealkylation sites (tertiary alicyclic amines) is 1. The average molecular weight is 373 g/mol. The number of fused-ring (bicyclic) bond motifs is 3. The molecule has 3 aliphatic rings. The minimum Gasteiger partial charge on any atom is -0.486 e. The molecule has 2 fully saturated rings. The molecular weight excluding hydrogens is 346 g/mol. The fourth-order valence-electron chi connectivity index (χ4n) is 5.22. The van der Waals surface area contributed by atoms with Gasteiger partial charge in [0, 0.05) is 12.6 Å². The predicted molar refractivity (Wildman–Crippen MR) is 99.0 cm³/mol. The first kappa shape index (κ1) is 18.1. The highest BCUT2D eigenvalue weighted by Crippen LogP contribution is 2.52. The van der Waals surface area contributed by atoms with Gasteiger partial charge < -0.3 is 19.1 Å². The van der Waals surface area contributed by atoms with Crippen LogP contribution in [0.1, 0.15) is 50.4 Å². The van der Waals surface area contributed by atoms with Crippen LogP contribution < -0.4 is 9.47 Å². The smallest absolute Gasteiger partial charge is 0.338 e. The lowest BCUT2D eigenvalue weighted by Gasteiger charge is -2.39. The van der Waals surface area contributed by atoms with Gasteiger partial charge >= 0.3 is 5.97 Å². The van der Waals surface area contributed by atoms with Gasteiger partial charge in [0.05, 0.1) is 5.56 Å². The number of ether oxygens (including phenoxy) is 3. The molecule has 6 nitrogen and oxygen atoms in total. The summed E-state index contributed by atoms with van der Waals surface area (Å²) in [5.41, 5.74) is 0.775. The Bertz CT molecular complexity index is 774. The number of rotatable bonds is 3. The Labute approximate surface area is 159 Å². The monoisotopic (exact) mass is 373 g/mol. The van der Waals surface area contributed by atoms with Crippen molar-refractivity contribution in [1.82, 2.24) is 4.90 Å². The van der Waals surface area contributed by atoms with Crippen LogP contribution in [-0.2, 0) is 9.53 Å². The van der Waals surface area contributed by atoms with Gasteiger partial charge in [-0.05, 0) is 48.3 Å². The van der Waals surface area contributed by atoms with Crippen molar-refractivity contribution in [3.05, 3.63) is 23.8 Å². The average Bonchev–Trinajstić information content (AvgIpc) is 2.87. The Hall–Kier alpha value is -2.24. The van der Waals surface area contributed by atoms with Crippen LogP contribution in [-0.4, -0.2) is 49.2 Å². The van der Waals surface area contributed by atoms with Gasteiger partial charge in [0.1, 0.15) is 13.2 Å². The number of esters is 1. The third-order valence-corrected chi connectivity index (χ3v) is 5.84. The molecule has 2 heterocycles. The van der Waals surface area contributed by atoms with E-state index >= 15 is 0 Å². The quantitative estimate of drug-likeness (QED) is 0.762. The molecule has 1 amide bonds. The fraction of sp³-hybridized carbons (Fsp3) is 0.619. The lowest BCUT2D eigenvalue weighted by Crippen LogP contribution is -2.39. The summed E-state index contributed by atoms with van der Waals surface area (Å²) in [4.78, 5) is 27.0. The summed E-state index contributed by atoms with van der Waals surface area (Å²) in [5, 5.41) is 0. The normalized spacial score (nSPS) is 28.0. The van der Waals surface area contributed by atoms with E-state index in [1.807, 2.05) is 4.90 Å². The molecule has 1 saturated heterocycles. The van der Waals surface area contributed by atoms with Crippen molar-refractivity contribution in [2.75, 3.05) is 26.4 Å². The maximum absolute atomic E-state index is 12.7. The Morgan fingerprint density at radius 1 is 1.15 bits per heavy atom. The summed E-state index contributed by atoms with van der Waals surface area (Å²) in [6.07, 6.45) is 3.17. The molecule has 1 aromatic carbocycles. The number of benzene rings is 1. The minimum absolute atomic E-state index is 0.104. The standard InChI is InChI=1S/C21H27NO5/c1-20(2)9-15-10-21(3,12-20)13-22(15)18(23)11-27-19(24)14-4-5-16-17(8-14)26-7-6-25-16/h4-5,8,15H,6-7,9-13H2,1-3H3/t15-,21+/m1/s1. The largest absolute Gasteiger partial charge is 0.486 e. The van der Waals surface area contributed by atoms with E-state index in [0.29, 0.717) is 30.3 Å². The van der Waals surface area contributed by atoms with E-state index in [1.165, 1.54) is 0 Å². The maximum Gasteiger partial charge on any atom is 0.338 e. The van der Waals surface area contributed by atoms with Crippen molar-refractivity contribution in [3.8, 4) is 11.5 Å². The number of hydrogen-bond donors (Lipinski definition) is 0. The zero-order valence-corrected chi connectivity index (χ0v) is 16.2. The molecule has 1 aromatic rings. The van der Waals surface area contributed by atoms with E-state index in [1.54, 1.807) is 18.2 Å². The van der Waals surface area contributed by atoms with Crippen LogP contribution in [0.5, 0.6) is 11.5 Å². The molecule has 2 bridgehead atoms. The Morgan fingerprint density at radius 2 is 1.89 bits per heavy atom. The SMILES string of the molecule is CC1(C)C[C@@H]2C[C@](C)(CN2C(=O)COC(=O)c2ccc3c(c2)OCCO3)C1. The van der Waals surface area contributed by atoms with E-state index in [4.69, 9.17) is 14.2 Å². The van der Waals surface area contributed by atoms with Crippen molar-refractivity contribution in [3.63, 3.8) is 0 Å². The van der Waals surface area contributed by atoms with Gasteiger partial charge in [-0.3, -0.25) is 4.79 Å². The van der Waals surface area contributed by atoms with E-state index in [0.717, 1.165) is 25.8 Å². The van der Waals surface area contributed by atoms with Crippen LogP contribution in [0.3, 0.4) is 0 Å². The Morgan fingerprint density at radius 3 is 2.67 bits per heavy atom. The van der Waals surface area contributed by atoms with E-state index in [9.17, 15) is 9.59 Å². The van der Waals surface area contributed by atoms with Gasteiger partial charge in [0.2, 0.25) is 0 Å². The zero-order valence-electron chi connectivity index (χ0n) is 16.2. The second kappa shape index (κ2) is 6.43. The van der Waals surface area contributed by atoms with Gasteiger partial charge in [0.25, 0.3) is 5.91 Å². The van der Waals surface area contributed by atoms with Crippen LogP contribution in [0.2, 0.25) is 0 Å². The highest BCUT2D eigenvalue weighted by molar-refractivity contribution is 5.92. The second-order valence-corrected chi connectivity index (χ2v) is 9.17. The molecule has 0 unspecified atom stereocenters. The van der Waals surface area contributed by atoms with Gasteiger partial charge in [-0.25, -0.2) is 4.79 Å². The number of carbonyl (C=O) groups excluding carboxylic acids is 2. The van der Waals surface area contributed by atoms with E-state index in [-0.39, 0.29) is 29.4 Å². The molecule has 4 rings (SSSR count). The molecule has 27 heavy (non-hydrogen) atoms. The topological polar surface area (TPSA) is 65.1 Å². The Balaban J connectivity index is 1.38. The van der Waals surface area contributed by atoms with Gasteiger partial charge in [-0.15, -0.1) is 0 Å². The molecule has 0 aromatic heterocycles. The summed E-state index contributed by atoms with van der Waals surface area (Å²) >= 11 is 0. The van der Waals surface area contributed by atoms with Crippen molar-refractivity contribution in [2.45, 2.75) is 46.1 Å².